The van der Waals surface area contributed by atoms with Crippen LogP contribution in [0.4, 0.5) is 0 Å². The van der Waals surface area contributed by atoms with E-state index in [2.05, 4.69) is 0 Å². The molecule has 0 aliphatic rings. The molecule has 134 valence electrons. The predicted molar refractivity (Wildman–Crippen MR) is 99.3 cm³/mol. The molecule has 0 heterocycles. The molecule has 0 spiro atoms. The number of phenols is 1. The number of nitrogens with one attached hydrogen (secondary N) is 1. The highest BCUT2D eigenvalue weighted by Gasteiger charge is 2.13. The van der Waals surface area contributed by atoms with E-state index in [1.165, 1.54) is 0 Å². The van der Waals surface area contributed by atoms with Crippen LogP contribution in [-0.4, -0.2) is 17.6 Å². The Morgan fingerprint density at radius 2 is 1.88 bits per heavy atom. The molecule has 5 nitrogen and oxygen atoms in total. The van der Waals surface area contributed by atoms with Crippen molar-refractivity contribution in [1.82, 2.24) is 5.43 Å². The van der Waals surface area contributed by atoms with E-state index in [0.717, 1.165) is 16.7 Å². The number of halogens is 2. The van der Waals surface area contributed by atoms with E-state index in [1.807, 2.05) is 31.4 Å². The molecular formula is C18H20Cl2N2O3. The number of carbonyl (C=O) groups is 1. The van der Waals surface area contributed by atoms with Gasteiger partial charge in [-0.1, -0.05) is 49.2 Å². The van der Waals surface area contributed by atoms with Gasteiger partial charge in [0.2, 0.25) is 0 Å². The summed E-state index contributed by atoms with van der Waals surface area (Å²) < 4.78 is 5.30. The quantitative estimate of drug-likeness (QED) is 0.403. The lowest BCUT2D eigenvalue weighted by molar-refractivity contribution is -0.123. The number of hydrogen-bond donors (Lipinski definition) is 3. The van der Waals surface area contributed by atoms with Crippen molar-refractivity contribution in [3.05, 3.63) is 57.1 Å². The second kappa shape index (κ2) is 8.43. The first-order chi connectivity index (χ1) is 11.8. The molecule has 0 bridgehead atoms. The third-order valence-corrected chi connectivity index (χ3v) is 4.41. The molecule has 1 amide bonds. The minimum absolute atomic E-state index is 0.204. The lowest BCUT2D eigenvalue weighted by atomic mass is 9.96. The highest BCUT2D eigenvalue weighted by atomic mass is 35.5. The van der Waals surface area contributed by atoms with Crippen LogP contribution in [0.5, 0.6) is 11.5 Å². The van der Waals surface area contributed by atoms with Crippen LogP contribution in [-0.2, 0) is 11.2 Å². The van der Waals surface area contributed by atoms with E-state index >= 15 is 0 Å². The van der Waals surface area contributed by atoms with Gasteiger partial charge in [-0.3, -0.25) is 10.2 Å². The average Bonchev–Trinajstić information content (AvgIpc) is 2.57. The van der Waals surface area contributed by atoms with Gasteiger partial charge in [-0.15, -0.1) is 0 Å². The molecule has 0 saturated carbocycles. The minimum Gasteiger partial charge on any atom is -0.508 e. The fourth-order valence-corrected chi connectivity index (χ4v) is 3.00. The van der Waals surface area contributed by atoms with Gasteiger partial charge in [0.25, 0.3) is 5.91 Å². The Morgan fingerprint density at radius 1 is 1.24 bits per heavy atom. The Morgan fingerprint density at radius 3 is 2.44 bits per heavy atom. The Bertz CT molecular complexity index is 756. The molecule has 0 unspecified atom stereocenters. The maximum atomic E-state index is 11.1. The molecule has 2 aromatic rings. The molecule has 25 heavy (non-hydrogen) atoms. The number of hydrazine groups is 1. The van der Waals surface area contributed by atoms with Gasteiger partial charge < -0.3 is 9.84 Å². The summed E-state index contributed by atoms with van der Waals surface area (Å²) in [4.78, 5) is 11.1. The standard InChI is InChI=1S/C18H20Cl2N2O3/c1-10(2)13-5-11(3-4-17(13)23)6-14-15(19)7-12(8-16(14)20)25-9-18(24)22-21/h3-5,7-8,10,23H,6,9,21H2,1-2H3,(H,22,24). The zero-order valence-electron chi connectivity index (χ0n) is 14.0. The summed E-state index contributed by atoms with van der Waals surface area (Å²) in [6.45, 7) is 3.81. The van der Waals surface area contributed by atoms with E-state index in [-0.39, 0.29) is 18.3 Å². The molecule has 0 aromatic heterocycles. The number of carbonyl (C=O) groups excluding carboxylic acids is 1. The van der Waals surface area contributed by atoms with Crippen molar-refractivity contribution in [2.45, 2.75) is 26.2 Å². The summed E-state index contributed by atoms with van der Waals surface area (Å²) in [5.74, 6) is 5.41. The van der Waals surface area contributed by atoms with Crippen LogP contribution in [0, 0.1) is 0 Å². The van der Waals surface area contributed by atoms with Crippen molar-refractivity contribution in [1.29, 1.82) is 0 Å². The number of nitrogens with two attached hydrogens (primary N) is 1. The number of aromatic hydroxyl groups is 1. The van der Waals surface area contributed by atoms with Gasteiger partial charge in [-0.25, -0.2) is 5.84 Å². The first-order valence-electron chi connectivity index (χ1n) is 7.73. The zero-order chi connectivity index (χ0) is 18.6. The zero-order valence-corrected chi connectivity index (χ0v) is 15.5. The number of amides is 1. The summed E-state index contributed by atoms with van der Waals surface area (Å²) in [5.41, 5.74) is 4.59. The van der Waals surface area contributed by atoms with Gasteiger partial charge in [0.05, 0.1) is 0 Å². The molecule has 2 aromatic carbocycles. The van der Waals surface area contributed by atoms with E-state index in [1.54, 1.807) is 18.2 Å². The fraction of sp³-hybridized carbons (Fsp3) is 0.278. The third-order valence-electron chi connectivity index (χ3n) is 3.74. The first kappa shape index (κ1) is 19.4. The van der Waals surface area contributed by atoms with Gasteiger partial charge in [0, 0.05) is 16.5 Å². The van der Waals surface area contributed by atoms with Gasteiger partial charge in [0.1, 0.15) is 11.5 Å². The smallest absolute Gasteiger partial charge is 0.271 e. The second-order valence-corrected chi connectivity index (χ2v) is 6.76. The molecule has 7 heteroatoms. The molecule has 4 N–H and O–H groups in total. The van der Waals surface area contributed by atoms with Crippen LogP contribution < -0.4 is 16.0 Å². The van der Waals surface area contributed by atoms with Crippen molar-refractivity contribution in [2.75, 3.05) is 6.61 Å². The summed E-state index contributed by atoms with van der Waals surface area (Å²) >= 11 is 12.7. The number of phenolic OH excluding ortho intramolecular Hbond substituents is 1. The van der Waals surface area contributed by atoms with Crippen molar-refractivity contribution < 1.29 is 14.6 Å². The second-order valence-electron chi connectivity index (χ2n) is 5.95. The maximum Gasteiger partial charge on any atom is 0.271 e. The van der Waals surface area contributed by atoms with Crippen molar-refractivity contribution in [2.24, 2.45) is 5.84 Å². The third kappa shape index (κ3) is 5.01. The monoisotopic (exact) mass is 382 g/mol. The minimum atomic E-state index is -0.457. The van der Waals surface area contributed by atoms with Crippen LogP contribution in [0.1, 0.15) is 36.5 Å². The normalized spacial score (nSPS) is 10.8. The van der Waals surface area contributed by atoms with E-state index in [9.17, 15) is 9.90 Å². The molecule has 0 aliphatic heterocycles. The molecular weight excluding hydrogens is 363 g/mol. The van der Waals surface area contributed by atoms with Gasteiger partial charge in [0.15, 0.2) is 6.61 Å². The van der Waals surface area contributed by atoms with Crippen molar-refractivity contribution in [3.63, 3.8) is 0 Å². The van der Waals surface area contributed by atoms with Crippen LogP contribution in [0.25, 0.3) is 0 Å². The van der Waals surface area contributed by atoms with Gasteiger partial charge >= 0.3 is 0 Å². The topological polar surface area (TPSA) is 84.6 Å². The Balaban J connectivity index is 2.23. The number of rotatable bonds is 6. The van der Waals surface area contributed by atoms with E-state index in [0.29, 0.717) is 22.2 Å². The maximum absolute atomic E-state index is 11.1. The Labute approximate surface area is 156 Å². The van der Waals surface area contributed by atoms with Crippen molar-refractivity contribution >= 4 is 29.1 Å². The Kier molecular flexibility index (Phi) is 6.53. The molecule has 0 atom stereocenters. The Hall–Kier alpha value is -1.95. The van der Waals surface area contributed by atoms with Gasteiger partial charge in [-0.2, -0.15) is 0 Å². The first-order valence-corrected chi connectivity index (χ1v) is 8.49. The lowest BCUT2D eigenvalue weighted by Crippen LogP contribution is -2.34. The summed E-state index contributed by atoms with van der Waals surface area (Å²) in [6, 6.07) is 8.68. The summed E-state index contributed by atoms with van der Waals surface area (Å²) in [5, 5.41) is 10.8. The fourth-order valence-electron chi connectivity index (χ4n) is 2.40. The van der Waals surface area contributed by atoms with E-state index in [4.69, 9.17) is 33.8 Å². The lowest BCUT2D eigenvalue weighted by Gasteiger charge is -2.13. The summed E-state index contributed by atoms with van der Waals surface area (Å²) in [6.07, 6.45) is 0.515. The van der Waals surface area contributed by atoms with Gasteiger partial charge in [-0.05, 0) is 40.8 Å². The number of ether oxygens (including phenoxy) is 1. The number of benzene rings is 2. The van der Waals surface area contributed by atoms with Crippen LogP contribution in [0.15, 0.2) is 30.3 Å². The van der Waals surface area contributed by atoms with E-state index < -0.39 is 5.91 Å². The molecule has 0 fully saturated rings. The largest absolute Gasteiger partial charge is 0.508 e. The van der Waals surface area contributed by atoms with Crippen LogP contribution >= 0.6 is 23.2 Å². The molecule has 2 rings (SSSR count). The van der Waals surface area contributed by atoms with Crippen LogP contribution in [0.3, 0.4) is 0 Å². The summed E-state index contributed by atoms with van der Waals surface area (Å²) in [7, 11) is 0. The predicted octanol–water partition coefficient (Wildman–Crippen LogP) is 3.78. The highest BCUT2D eigenvalue weighted by Crippen LogP contribution is 2.33. The molecule has 0 aliphatic carbocycles. The van der Waals surface area contributed by atoms with Crippen LogP contribution in [0.2, 0.25) is 10.0 Å². The molecule has 0 radical (unpaired) electrons. The molecule has 0 saturated heterocycles. The van der Waals surface area contributed by atoms with Crippen molar-refractivity contribution in [3.8, 4) is 11.5 Å². The highest BCUT2D eigenvalue weighted by molar-refractivity contribution is 6.36. The average molecular weight is 383 g/mol. The SMILES string of the molecule is CC(C)c1cc(Cc2c(Cl)cc(OCC(=O)NN)cc2Cl)ccc1O. The number of hydrogen-bond acceptors (Lipinski definition) is 4.